The maximum Gasteiger partial charge on any atom is 0.317 e. The minimum absolute atomic E-state index is 0.0368. The van der Waals surface area contributed by atoms with Gasteiger partial charge in [0.2, 0.25) is 5.91 Å². The van der Waals surface area contributed by atoms with Gasteiger partial charge < -0.3 is 24.6 Å². The molecule has 0 spiro atoms. The maximum atomic E-state index is 12.5. The SMILES string of the molecule is COCC(C)NC(=O)N1CCN(C(=O)Cc2cccc(OC)c2)CC1. The summed E-state index contributed by atoms with van der Waals surface area (Å²) in [6.45, 7) is 4.55. The number of nitrogens with zero attached hydrogens (tertiary/aromatic N) is 2. The van der Waals surface area contributed by atoms with Crippen LogP contribution in [0.25, 0.3) is 0 Å². The van der Waals surface area contributed by atoms with Gasteiger partial charge in [-0.3, -0.25) is 4.79 Å². The molecule has 3 amide bonds. The molecule has 138 valence electrons. The number of amides is 3. The number of hydrogen-bond acceptors (Lipinski definition) is 4. The molecule has 1 heterocycles. The fourth-order valence-corrected chi connectivity index (χ4v) is 2.82. The lowest BCUT2D eigenvalue weighted by molar-refractivity contribution is -0.131. The third kappa shape index (κ3) is 5.63. The lowest BCUT2D eigenvalue weighted by atomic mass is 10.1. The van der Waals surface area contributed by atoms with Gasteiger partial charge in [-0.15, -0.1) is 0 Å². The van der Waals surface area contributed by atoms with E-state index in [9.17, 15) is 9.59 Å². The first-order valence-electron chi connectivity index (χ1n) is 8.48. The Bertz CT molecular complexity index is 585. The molecule has 0 aromatic heterocycles. The van der Waals surface area contributed by atoms with E-state index in [0.717, 1.165) is 11.3 Å². The number of rotatable bonds is 6. The second-order valence-corrected chi connectivity index (χ2v) is 6.20. The van der Waals surface area contributed by atoms with Crippen molar-refractivity contribution in [2.24, 2.45) is 0 Å². The van der Waals surface area contributed by atoms with Gasteiger partial charge in [0, 0.05) is 33.3 Å². The van der Waals surface area contributed by atoms with E-state index in [0.29, 0.717) is 39.2 Å². The van der Waals surface area contributed by atoms with Crippen molar-refractivity contribution in [3.05, 3.63) is 29.8 Å². The zero-order chi connectivity index (χ0) is 18.2. The molecule has 7 nitrogen and oxygen atoms in total. The molecule has 25 heavy (non-hydrogen) atoms. The highest BCUT2D eigenvalue weighted by Crippen LogP contribution is 2.14. The average molecular weight is 349 g/mol. The van der Waals surface area contributed by atoms with Gasteiger partial charge >= 0.3 is 6.03 Å². The summed E-state index contributed by atoms with van der Waals surface area (Å²) in [6, 6.07) is 7.38. The second-order valence-electron chi connectivity index (χ2n) is 6.20. The highest BCUT2D eigenvalue weighted by molar-refractivity contribution is 5.79. The summed E-state index contributed by atoms with van der Waals surface area (Å²) in [5, 5.41) is 2.89. The Labute approximate surface area is 148 Å². The van der Waals surface area contributed by atoms with Gasteiger partial charge in [-0.05, 0) is 24.6 Å². The van der Waals surface area contributed by atoms with Crippen LogP contribution in [0.5, 0.6) is 5.75 Å². The highest BCUT2D eigenvalue weighted by atomic mass is 16.5. The van der Waals surface area contributed by atoms with E-state index in [1.165, 1.54) is 0 Å². The summed E-state index contributed by atoms with van der Waals surface area (Å²) in [5.74, 6) is 0.818. The van der Waals surface area contributed by atoms with Crippen molar-refractivity contribution in [2.45, 2.75) is 19.4 Å². The van der Waals surface area contributed by atoms with E-state index in [1.54, 1.807) is 19.1 Å². The van der Waals surface area contributed by atoms with E-state index in [2.05, 4.69) is 5.32 Å². The topological polar surface area (TPSA) is 71.1 Å². The molecule has 1 fully saturated rings. The Morgan fingerprint density at radius 1 is 1.16 bits per heavy atom. The van der Waals surface area contributed by atoms with Crippen LogP contribution in [-0.2, 0) is 16.0 Å². The molecule has 0 bridgehead atoms. The molecule has 1 aliphatic heterocycles. The molecule has 0 radical (unpaired) electrons. The Morgan fingerprint density at radius 3 is 2.48 bits per heavy atom. The first-order valence-corrected chi connectivity index (χ1v) is 8.48. The number of piperazine rings is 1. The number of urea groups is 1. The van der Waals surface area contributed by atoms with Gasteiger partial charge in [0.05, 0.1) is 26.2 Å². The number of methoxy groups -OCH3 is 2. The first kappa shape index (κ1) is 19.1. The summed E-state index contributed by atoms with van der Waals surface area (Å²) in [6.07, 6.45) is 0.342. The number of ether oxygens (including phenoxy) is 2. The molecule has 1 saturated heterocycles. The van der Waals surface area contributed by atoms with Crippen LogP contribution in [0.15, 0.2) is 24.3 Å². The van der Waals surface area contributed by atoms with Gasteiger partial charge in [-0.25, -0.2) is 4.79 Å². The van der Waals surface area contributed by atoms with Crippen LogP contribution in [-0.4, -0.2) is 74.8 Å². The largest absolute Gasteiger partial charge is 0.497 e. The minimum Gasteiger partial charge on any atom is -0.497 e. The summed E-state index contributed by atoms with van der Waals surface area (Å²) < 4.78 is 10.2. The lowest BCUT2D eigenvalue weighted by Gasteiger charge is -2.35. The van der Waals surface area contributed by atoms with E-state index >= 15 is 0 Å². The van der Waals surface area contributed by atoms with Gasteiger partial charge in [-0.1, -0.05) is 12.1 Å². The Hall–Kier alpha value is -2.28. The first-order chi connectivity index (χ1) is 12.0. The number of carbonyl (C=O) groups excluding carboxylic acids is 2. The monoisotopic (exact) mass is 349 g/mol. The molecular weight excluding hydrogens is 322 g/mol. The van der Waals surface area contributed by atoms with E-state index in [4.69, 9.17) is 9.47 Å². The molecule has 1 aromatic carbocycles. The molecule has 1 atom stereocenters. The maximum absolute atomic E-state index is 12.5. The number of nitrogens with one attached hydrogen (secondary N) is 1. The number of hydrogen-bond donors (Lipinski definition) is 1. The van der Waals surface area contributed by atoms with E-state index in [-0.39, 0.29) is 18.0 Å². The molecule has 7 heteroatoms. The zero-order valence-electron chi connectivity index (χ0n) is 15.2. The average Bonchev–Trinajstić information content (AvgIpc) is 2.62. The number of carbonyl (C=O) groups is 2. The van der Waals surface area contributed by atoms with Crippen molar-refractivity contribution in [2.75, 3.05) is 47.0 Å². The van der Waals surface area contributed by atoms with Crippen LogP contribution in [0.2, 0.25) is 0 Å². The summed E-state index contributed by atoms with van der Waals surface area (Å²) in [4.78, 5) is 28.2. The fourth-order valence-electron chi connectivity index (χ4n) is 2.82. The van der Waals surface area contributed by atoms with Crippen molar-refractivity contribution >= 4 is 11.9 Å². The van der Waals surface area contributed by atoms with Crippen molar-refractivity contribution in [1.82, 2.24) is 15.1 Å². The Balaban J connectivity index is 1.80. The second kappa shape index (κ2) is 9.27. The molecule has 1 aromatic rings. The molecular formula is C18H27N3O4. The highest BCUT2D eigenvalue weighted by Gasteiger charge is 2.24. The van der Waals surface area contributed by atoms with Gasteiger partial charge in [0.25, 0.3) is 0 Å². The summed E-state index contributed by atoms with van der Waals surface area (Å²) >= 11 is 0. The van der Waals surface area contributed by atoms with Gasteiger partial charge in [0.15, 0.2) is 0 Å². The van der Waals surface area contributed by atoms with Crippen molar-refractivity contribution in [3.63, 3.8) is 0 Å². The van der Waals surface area contributed by atoms with Crippen LogP contribution < -0.4 is 10.1 Å². The predicted octanol–water partition coefficient (Wildman–Crippen LogP) is 1.13. The zero-order valence-corrected chi connectivity index (χ0v) is 15.2. The Kier molecular flexibility index (Phi) is 7.06. The van der Waals surface area contributed by atoms with Gasteiger partial charge in [-0.2, -0.15) is 0 Å². The van der Waals surface area contributed by atoms with Crippen molar-refractivity contribution < 1.29 is 19.1 Å². The van der Waals surface area contributed by atoms with Crippen LogP contribution in [0.3, 0.4) is 0 Å². The summed E-state index contributed by atoms with van der Waals surface area (Å²) in [7, 11) is 3.22. The summed E-state index contributed by atoms with van der Waals surface area (Å²) in [5.41, 5.74) is 0.929. The molecule has 0 aliphatic carbocycles. The molecule has 1 aliphatic rings. The minimum atomic E-state index is -0.107. The van der Waals surface area contributed by atoms with Gasteiger partial charge in [0.1, 0.15) is 5.75 Å². The van der Waals surface area contributed by atoms with Crippen LogP contribution >= 0.6 is 0 Å². The normalized spacial score (nSPS) is 15.6. The molecule has 0 saturated carbocycles. The smallest absolute Gasteiger partial charge is 0.317 e. The van der Waals surface area contributed by atoms with Crippen molar-refractivity contribution in [1.29, 1.82) is 0 Å². The van der Waals surface area contributed by atoms with Crippen LogP contribution in [0.1, 0.15) is 12.5 Å². The molecule has 1 unspecified atom stereocenters. The van der Waals surface area contributed by atoms with E-state index < -0.39 is 0 Å². The number of benzene rings is 1. The predicted molar refractivity (Wildman–Crippen MR) is 94.7 cm³/mol. The van der Waals surface area contributed by atoms with Crippen LogP contribution in [0.4, 0.5) is 4.79 Å². The van der Waals surface area contributed by atoms with Crippen LogP contribution in [0, 0.1) is 0 Å². The third-order valence-corrected chi connectivity index (χ3v) is 4.20. The van der Waals surface area contributed by atoms with E-state index in [1.807, 2.05) is 36.1 Å². The lowest BCUT2D eigenvalue weighted by Crippen LogP contribution is -2.54. The standard InChI is InChI=1S/C18H27N3O4/c1-14(13-24-2)19-18(23)21-9-7-20(8-10-21)17(22)12-15-5-4-6-16(11-15)25-3/h4-6,11,14H,7-10,12-13H2,1-3H3,(H,19,23). The molecule has 2 rings (SSSR count). The molecule has 1 N–H and O–H groups in total. The third-order valence-electron chi connectivity index (χ3n) is 4.20. The Morgan fingerprint density at radius 2 is 1.84 bits per heavy atom. The van der Waals surface area contributed by atoms with Crippen molar-refractivity contribution in [3.8, 4) is 5.75 Å². The fraction of sp³-hybridized carbons (Fsp3) is 0.556. The quantitative estimate of drug-likeness (QED) is 0.836.